The van der Waals surface area contributed by atoms with Crippen LogP contribution in [0.3, 0.4) is 0 Å². The molecule has 1 aromatic heterocycles. The molecule has 0 bridgehead atoms. The lowest BCUT2D eigenvalue weighted by atomic mass is 10.2. The van der Waals surface area contributed by atoms with E-state index < -0.39 is 23.3 Å². The van der Waals surface area contributed by atoms with Gasteiger partial charge in [0.15, 0.2) is 6.10 Å². The molecular weight excluding hydrogens is 430 g/mol. The number of carbonyl (C=O) groups excluding carboxylic acids is 1. The van der Waals surface area contributed by atoms with Gasteiger partial charge in [0.1, 0.15) is 5.75 Å². The van der Waals surface area contributed by atoms with E-state index in [0.717, 1.165) is 4.68 Å². The molecule has 0 saturated carbocycles. The largest absolute Gasteiger partial charge is 0.478 e. The second kappa shape index (κ2) is 8.22. The molecule has 9 heteroatoms. The van der Waals surface area contributed by atoms with Crippen LogP contribution in [0.1, 0.15) is 12.5 Å². The number of aromatic amines is 1. The zero-order valence-electron chi connectivity index (χ0n) is 15.0. The Morgan fingerprint density at radius 3 is 2.71 bits per heavy atom. The molecule has 0 spiro atoms. The summed E-state index contributed by atoms with van der Waals surface area (Å²) in [6.07, 6.45) is 0.611. The quantitative estimate of drug-likeness (QED) is 0.479. The van der Waals surface area contributed by atoms with E-state index in [1.807, 2.05) is 0 Å². The topological polar surface area (TPSA) is 103 Å². The number of benzene rings is 2. The number of nitrogens with one attached hydrogen (secondary N) is 1. The number of nitrogens with zero attached hydrogens (tertiary/aromatic N) is 2. The van der Waals surface area contributed by atoms with E-state index in [0.29, 0.717) is 26.7 Å². The molecule has 0 radical (unpaired) electrons. The minimum Gasteiger partial charge on any atom is -0.478 e. The lowest BCUT2D eigenvalue weighted by molar-refractivity contribution is -0.147. The van der Waals surface area contributed by atoms with Crippen molar-refractivity contribution < 1.29 is 14.3 Å². The molecule has 0 saturated heterocycles. The number of fused-ring (bicyclic) bond motifs is 1. The van der Waals surface area contributed by atoms with Gasteiger partial charge in [0.05, 0.1) is 28.7 Å². The van der Waals surface area contributed by atoms with Gasteiger partial charge in [0, 0.05) is 0 Å². The van der Waals surface area contributed by atoms with Gasteiger partial charge in [-0.1, -0.05) is 12.1 Å². The fourth-order valence-electron chi connectivity index (χ4n) is 2.48. The number of hydrogen-bond donors (Lipinski definition) is 1. The molecule has 1 heterocycles. The average Bonchev–Trinajstić information content (AvgIpc) is 2.69. The molecule has 0 fully saturated rings. The number of rotatable bonds is 5. The standard InChI is InChI=1S/C19H16BrN3O5/c1-11(18(25)27-2)28-16-8-7-12(9-14(16)20)10-21-23-17(24)13-5-3-4-6-15(13)22-19(23)26/h3-11H,1-2H3,(H,22,26). The van der Waals surface area contributed by atoms with Gasteiger partial charge in [-0.3, -0.25) is 4.79 Å². The summed E-state index contributed by atoms with van der Waals surface area (Å²) in [6, 6.07) is 11.7. The maximum Gasteiger partial charge on any atom is 0.349 e. The Kier molecular flexibility index (Phi) is 5.74. The molecule has 0 amide bonds. The van der Waals surface area contributed by atoms with Crippen molar-refractivity contribution in [1.29, 1.82) is 0 Å². The van der Waals surface area contributed by atoms with Crippen molar-refractivity contribution in [3.8, 4) is 5.75 Å². The fraction of sp³-hybridized carbons (Fsp3) is 0.158. The molecule has 0 aliphatic heterocycles. The number of esters is 1. The van der Waals surface area contributed by atoms with E-state index in [4.69, 9.17) is 4.74 Å². The molecule has 1 unspecified atom stereocenters. The van der Waals surface area contributed by atoms with Gasteiger partial charge < -0.3 is 14.5 Å². The normalized spacial score (nSPS) is 12.2. The van der Waals surface area contributed by atoms with Gasteiger partial charge in [-0.2, -0.15) is 5.10 Å². The maximum absolute atomic E-state index is 12.5. The predicted octanol–water partition coefficient (Wildman–Crippen LogP) is 2.27. The number of carbonyl (C=O) groups is 1. The number of ether oxygens (including phenoxy) is 2. The van der Waals surface area contributed by atoms with Crippen molar-refractivity contribution in [2.24, 2.45) is 5.10 Å². The predicted molar refractivity (Wildman–Crippen MR) is 108 cm³/mol. The number of halogens is 1. The lowest BCUT2D eigenvalue weighted by Gasteiger charge is -2.13. The second-order valence-corrected chi connectivity index (χ2v) is 6.66. The molecule has 144 valence electrons. The number of para-hydroxylation sites is 1. The lowest BCUT2D eigenvalue weighted by Crippen LogP contribution is -2.32. The third-order valence-corrected chi connectivity index (χ3v) is 4.52. The van der Waals surface area contributed by atoms with E-state index in [1.165, 1.54) is 13.3 Å². The first-order valence-electron chi connectivity index (χ1n) is 8.23. The van der Waals surface area contributed by atoms with Crippen molar-refractivity contribution in [3.63, 3.8) is 0 Å². The summed E-state index contributed by atoms with van der Waals surface area (Å²) in [5, 5.41) is 4.36. The van der Waals surface area contributed by atoms with E-state index in [9.17, 15) is 14.4 Å². The van der Waals surface area contributed by atoms with Gasteiger partial charge in [-0.25, -0.2) is 9.59 Å². The molecule has 28 heavy (non-hydrogen) atoms. The third-order valence-electron chi connectivity index (χ3n) is 3.90. The highest BCUT2D eigenvalue weighted by molar-refractivity contribution is 9.10. The van der Waals surface area contributed by atoms with Crippen LogP contribution in [0.25, 0.3) is 10.9 Å². The van der Waals surface area contributed by atoms with Gasteiger partial charge in [-0.05, 0) is 58.7 Å². The Morgan fingerprint density at radius 2 is 2.00 bits per heavy atom. The highest BCUT2D eigenvalue weighted by Crippen LogP contribution is 2.26. The van der Waals surface area contributed by atoms with Crippen LogP contribution in [0, 0.1) is 0 Å². The van der Waals surface area contributed by atoms with E-state index >= 15 is 0 Å². The summed E-state index contributed by atoms with van der Waals surface area (Å²) in [4.78, 5) is 38.7. The van der Waals surface area contributed by atoms with Crippen LogP contribution in [0.15, 0.2) is 61.6 Å². The summed E-state index contributed by atoms with van der Waals surface area (Å²) in [6.45, 7) is 1.58. The maximum atomic E-state index is 12.5. The van der Waals surface area contributed by atoms with Gasteiger partial charge in [0.25, 0.3) is 5.56 Å². The summed E-state index contributed by atoms with van der Waals surface area (Å²) < 4.78 is 11.5. The number of hydrogen-bond acceptors (Lipinski definition) is 6. The highest BCUT2D eigenvalue weighted by atomic mass is 79.9. The van der Waals surface area contributed by atoms with Gasteiger partial charge in [-0.15, -0.1) is 4.68 Å². The molecule has 8 nitrogen and oxygen atoms in total. The summed E-state index contributed by atoms with van der Waals surface area (Å²) in [7, 11) is 1.28. The Bertz CT molecular complexity index is 1180. The fourth-order valence-corrected chi connectivity index (χ4v) is 2.97. The van der Waals surface area contributed by atoms with E-state index in [1.54, 1.807) is 49.4 Å². The van der Waals surface area contributed by atoms with Crippen LogP contribution in [-0.4, -0.2) is 35.1 Å². The molecule has 3 aromatic rings. The van der Waals surface area contributed by atoms with Crippen LogP contribution < -0.4 is 16.0 Å². The molecule has 1 N–H and O–H groups in total. The average molecular weight is 446 g/mol. The van der Waals surface area contributed by atoms with Gasteiger partial charge >= 0.3 is 11.7 Å². The first-order chi connectivity index (χ1) is 13.4. The van der Waals surface area contributed by atoms with E-state index in [-0.39, 0.29) is 0 Å². The van der Waals surface area contributed by atoms with Crippen molar-refractivity contribution in [2.75, 3.05) is 7.11 Å². The van der Waals surface area contributed by atoms with Crippen LogP contribution in [0.5, 0.6) is 5.75 Å². The van der Waals surface area contributed by atoms with Gasteiger partial charge in [0.2, 0.25) is 0 Å². The van der Waals surface area contributed by atoms with Crippen molar-refractivity contribution >= 4 is 39.0 Å². The number of H-pyrrole nitrogens is 1. The Hall–Kier alpha value is -3.20. The Labute approximate surface area is 167 Å². The van der Waals surface area contributed by atoms with Crippen LogP contribution >= 0.6 is 15.9 Å². The summed E-state index contributed by atoms with van der Waals surface area (Å²) in [5.74, 6) is -0.0526. The van der Waals surface area contributed by atoms with Crippen molar-refractivity contribution in [3.05, 3.63) is 73.3 Å². The number of aromatic nitrogens is 2. The minimum atomic E-state index is -0.768. The molecule has 1 atom stereocenters. The third kappa shape index (κ3) is 4.04. The van der Waals surface area contributed by atoms with Crippen LogP contribution in [-0.2, 0) is 9.53 Å². The van der Waals surface area contributed by atoms with E-state index in [2.05, 4.69) is 30.8 Å². The molecule has 2 aromatic carbocycles. The number of methoxy groups -OCH3 is 1. The van der Waals surface area contributed by atoms with Crippen molar-refractivity contribution in [2.45, 2.75) is 13.0 Å². The summed E-state index contributed by atoms with van der Waals surface area (Å²) >= 11 is 3.36. The van der Waals surface area contributed by atoms with Crippen LogP contribution in [0.2, 0.25) is 0 Å². The monoisotopic (exact) mass is 445 g/mol. The zero-order valence-corrected chi connectivity index (χ0v) is 16.6. The Morgan fingerprint density at radius 1 is 1.25 bits per heavy atom. The Balaban J connectivity index is 1.88. The van der Waals surface area contributed by atoms with Crippen molar-refractivity contribution in [1.82, 2.24) is 9.66 Å². The summed E-state index contributed by atoms with van der Waals surface area (Å²) in [5.41, 5.74) is -0.0790. The van der Waals surface area contributed by atoms with Crippen LogP contribution in [0.4, 0.5) is 0 Å². The zero-order chi connectivity index (χ0) is 20.3. The molecule has 3 rings (SSSR count). The highest BCUT2D eigenvalue weighted by Gasteiger charge is 2.16. The minimum absolute atomic E-state index is 0.362. The second-order valence-electron chi connectivity index (χ2n) is 5.81. The molecule has 0 aliphatic carbocycles. The first kappa shape index (κ1) is 19.6. The molecular formula is C19H16BrN3O5. The first-order valence-corrected chi connectivity index (χ1v) is 9.02. The SMILES string of the molecule is COC(=O)C(C)Oc1ccc(C=Nn2c(=O)[nH]c3ccccc3c2=O)cc1Br. The smallest absolute Gasteiger partial charge is 0.349 e. The molecule has 0 aliphatic rings.